The third-order valence-corrected chi connectivity index (χ3v) is 6.49. The van der Waals surface area contributed by atoms with Gasteiger partial charge in [0, 0.05) is 56.6 Å². The molecular formula is C20H31N3O2. The first-order valence-corrected chi connectivity index (χ1v) is 9.95. The summed E-state index contributed by atoms with van der Waals surface area (Å²) in [5.74, 6) is 1.22. The van der Waals surface area contributed by atoms with Gasteiger partial charge in [-0.25, -0.2) is 0 Å². The molecule has 1 aromatic heterocycles. The minimum absolute atomic E-state index is 0.238. The number of likely N-dealkylation sites (tertiary alicyclic amines) is 1. The highest BCUT2D eigenvalue weighted by atomic mass is 16.5. The number of hydrogen-bond acceptors (Lipinski definition) is 3. The highest BCUT2D eigenvalue weighted by Gasteiger charge is 2.39. The molecule has 1 saturated carbocycles. The van der Waals surface area contributed by atoms with Gasteiger partial charge < -0.3 is 14.2 Å². The molecule has 2 unspecified atom stereocenters. The van der Waals surface area contributed by atoms with Crippen molar-refractivity contribution >= 4 is 5.91 Å². The summed E-state index contributed by atoms with van der Waals surface area (Å²) in [5, 5.41) is 0. The lowest BCUT2D eigenvalue weighted by atomic mass is 9.85. The minimum atomic E-state index is 0.238. The van der Waals surface area contributed by atoms with Crippen LogP contribution in [0.5, 0.6) is 0 Å². The molecular weight excluding hydrogens is 314 g/mol. The first-order valence-electron chi connectivity index (χ1n) is 9.95. The third kappa shape index (κ3) is 3.63. The average Bonchev–Trinajstić information content (AvgIpc) is 3.32. The van der Waals surface area contributed by atoms with Crippen LogP contribution in [0.4, 0.5) is 0 Å². The van der Waals surface area contributed by atoms with Crippen LogP contribution in [-0.2, 0) is 9.53 Å². The molecule has 2 atom stereocenters. The molecule has 0 aromatic carbocycles. The van der Waals surface area contributed by atoms with E-state index in [4.69, 9.17) is 4.74 Å². The first-order chi connectivity index (χ1) is 12.2. The SMILES string of the molecule is CC1CN(C(=O)C2CCC(n3cccc3)CC2)CC1N1CCOCC1. The van der Waals surface area contributed by atoms with Crippen LogP contribution in [-0.4, -0.2) is 65.7 Å². The molecule has 1 aliphatic carbocycles. The molecule has 2 saturated heterocycles. The van der Waals surface area contributed by atoms with Gasteiger partial charge in [-0.05, 0) is 43.7 Å². The van der Waals surface area contributed by atoms with E-state index in [1.165, 1.54) is 0 Å². The van der Waals surface area contributed by atoms with E-state index in [1.807, 2.05) is 0 Å². The Hall–Kier alpha value is -1.33. The molecule has 138 valence electrons. The molecule has 3 heterocycles. The van der Waals surface area contributed by atoms with Crippen molar-refractivity contribution in [2.24, 2.45) is 11.8 Å². The maximum atomic E-state index is 13.0. The monoisotopic (exact) mass is 345 g/mol. The number of carbonyl (C=O) groups excluding carboxylic acids is 1. The van der Waals surface area contributed by atoms with Gasteiger partial charge in [-0.15, -0.1) is 0 Å². The van der Waals surface area contributed by atoms with Gasteiger partial charge in [-0.2, -0.15) is 0 Å². The van der Waals surface area contributed by atoms with Gasteiger partial charge in [0.2, 0.25) is 5.91 Å². The van der Waals surface area contributed by atoms with Gasteiger partial charge in [0.1, 0.15) is 0 Å². The smallest absolute Gasteiger partial charge is 0.225 e. The number of rotatable bonds is 3. The summed E-state index contributed by atoms with van der Waals surface area (Å²) in [6, 6.07) is 5.28. The summed E-state index contributed by atoms with van der Waals surface area (Å²) in [5.41, 5.74) is 0. The van der Waals surface area contributed by atoms with E-state index in [-0.39, 0.29) is 5.92 Å². The van der Waals surface area contributed by atoms with Crippen molar-refractivity contribution in [2.75, 3.05) is 39.4 Å². The van der Waals surface area contributed by atoms with Crippen LogP contribution in [0.1, 0.15) is 38.6 Å². The normalized spacial score (nSPS) is 34.4. The van der Waals surface area contributed by atoms with Crippen LogP contribution in [0.15, 0.2) is 24.5 Å². The molecule has 5 nitrogen and oxygen atoms in total. The summed E-state index contributed by atoms with van der Waals surface area (Å²) >= 11 is 0. The van der Waals surface area contributed by atoms with Crippen LogP contribution in [0.25, 0.3) is 0 Å². The van der Waals surface area contributed by atoms with E-state index in [0.29, 0.717) is 23.9 Å². The van der Waals surface area contributed by atoms with Crippen molar-refractivity contribution in [3.63, 3.8) is 0 Å². The number of aromatic nitrogens is 1. The van der Waals surface area contributed by atoms with Crippen molar-refractivity contribution in [3.8, 4) is 0 Å². The number of ether oxygens (including phenoxy) is 1. The lowest BCUT2D eigenvalue weighted by Crippen LogP contribution is -2.47. The van der Waals surface area contributed by atoms with Crippen LogP contribution in [0, 0.1) is 11.8 Å². The average molecular weight is 345 g/mol. The van der Waals surface area contributed by atoms with Gasteiger partial charge in [-0.1, -0.05) is 6.92 Å². The Kier molecular flexibility index (Phi) is 5.13. The number of morpholine rings is 1. The highest BCUT2D eigenvalue weighted by Crippen LogP contribution is 2.34. The lowest BCUT2D eigenvalue weighted by Gasteiger charge is -2.34. The van der Waals surface area contributed by atoms with E-state index >= 15 is 0 Å². The quantitative estimate of drug-likeness (QED) is 0.844. The Morgan fingerprint density at radius 3 is 2.36 bits per heavy atom. The molecule has 4 rings (SSSR count). The van der Waals surface area contributed by atoms with Gasteiger partial charge in [-0.3, -0.25) is 9.69 Å². The Morgan fingerprint density at radius 2 is 1.68 bits per heavy atom. The second-order valence-corrected chi connectivity index (χ2v) is 8.07. The molecule has 0 spiro atoms. The zero-order chi connectivity index (χ0) is 17.2. The minimum Gasteiger partial charge on any atom is -0.379 e. The maximum Gasteiger partial charge on any atom is 0.225 e. The van der Waals surface area contributed by atoms with Crippen molar-refractivity contribution in [3.05, 3.63) is 24.5 Å². The molecule has 3 fully saturated rings. The molecule has 1 amide bonds. The number of carbonyl (C=O) groups is 1. The molecule has 2 aliphatic heterocycles. The summed E-state index contributed by atoms with van der Waals surface area (Å²) in [4.78, 5) is 17.7. The van der Waals surface area contributed by atoms with E-state index in [2.05, 4.69) is 45.8 Å². The van der Waals surface area contributed by atoms with Gasteiger partial charge >= 0.3 is 0 Å². The number of hydrogen-bond donors (Lipinski definition) is 0. The fourth-order valence-electron chi connectivity index (χ4n) is 4.98. The van der Waals surface area contributed by atoms with Crippen LogP contribution < -0.4 is 0 Å². The summed E-state index contributed by atoms with van der Waals surface area (Å²) in [6.45, 7) is 7.84. The van der Waals surface area contributed by atoms with E-state index in [0.717, 1.165) is 65.1 Å². The maximum absolute atomic E-state index is 13.0. The first kappa shape index (κ1) is 17.1. The van der Waals surface area contributed by atoms with Crippen molar-refractivity contribution in [2.45, 2.75) is 44.7 Å². The summed E-state index contributed by atoms with van der Waals surface area (Å²) in [6.07, 6.45) is 8.64. The lowest BCUT2D eigenvalue weighted by molar-refractivity contribution is -0.136. The second kappa shape index (κ2) is 7.50. The fraction of sp³-hybridized carbons (Fsp3) is 0.750. The number of nitrogens with zero attached hydrogens (tertiary/aromatic N) is 3. The highest BCUT2D eigenvalue weighted by molar-refractivity contribution is 5.79. The predicted molar refractivity (Wildman–Crippen MR) is 97.4 cm³/mol. The van der Waals surface area contributed by atoms with Crippen molar-refractivity contribution in [1.82, 2.24) is 14.4 Å². The zero-order valence-corrected chi connectivity index (χ0v) is 15.3. The van der Waals surface area contributed by atoms with Crippen LogP contribution >= 0.6 is 0 Å². The zero-order valence-electron chi connectivity index (χ0n) is 15.3. The largest absolute Gasteiger partial charge is 0.379 e. The van der Waals surface area contributed by atoms with E-state index in [1.54, 1.807) is 0 Å². The van der Waals surface area contributed by atoms with E-state index in [9.17, 15) is 4.79 Å². The Morgan fingerprint density at radius 1 is 1.00 bits per heavy atom. The van der Waals surface area contributed by atoms with Gasteiger partial charge in [0.15, 0.2) is 0 Å². The molecule has 3 aliphatic rings. The molecule has 1 aromatic rings. The predicted octanol–water partition coefficient (Wildman–Crippen LogP) is 2.40. The van der Waals surface area contributed by atoms with Crippen LogP contribution in [0.3, 0.4) is 0 Å². The fourth-order valence-corrected chi connectivity index (χ4v) is 4.98. The second-order valence-electron chi connectivity index (χ2n) is 8.07. The number of amides is 1. The standard InChI is InChI=1S/C20H31N3O2/c1-16-14-23(15-19(16)22-10-12-25-13-11-22)20(24)17-4-6-18(7-5-17)21-8-2-3-9-21/h2-3,8-9,16-19H,4-7,10-15H2,1H3. The Bertz CT molecular complexity index is 560. The summed E-state index contributed by atoms with van der Waals surface area (Å²) < 4.78 is 7.79. The molecule has 0 radical (unpaired) electrons. The van der Waals surface area contributed by atoms with Crippen molar-refractivity contribution < 1.29 is 9.53 Å². The molecule has 5 heteroatoms. The molecule has 0 N–H and O–H groups in total. The van der Waals surface area contributed by atoms with Gasteiger partial charge in [0.05, 0.1) is 13.2 Å². The molecule has 0 bridgehead atoms. The van der Waals surface area contributed by atoms with Crippen LogP contribution in [0.2, 0.25) is 0 Å². The topological polar surface area (TPSA) is 37.7 Å². The third-order valence-electron chi connectivity index (χ3n) is 6.49. The summed E-state index contributed by atoms with van der Waals surface area (Å²) in [7, 11) is 0. The molecule has 25 heavy (non-hydrogen) atoms. The van der Waals surface area contributed by atoms with E-state index < -0.39 is 0 Å². The van der Waals surface area contributed by atoms with Gasteiger partial charge in [0.25, 0.3) is 0 Å². The Labute approximate surface area is 150 Å². The van der Waals surface area contributed by atoms with Crippen molar-refractivity contribution in [1.29, 1.82) is 0 Å². The Balaban J connectivity index is 1.31.